The second-order valence-corrected chi connectivity index (χ2v) is 17.5. The fourth-order valence-corrected chi connectivity index (χ4v) is 10.9. The number of furan rings is 1. The van der Waals surface area contributed by atoms with Gasteiger partial charge in [-0.2, -0.15) is 5.26 Å². The van der Waals surface area contributed by atoms with E-state index >= 15 is 0 Å². The molecule has 0 bridgehead atoms. The number of rotatable bonds is 5. The average molecular weight is 866 g/mol. The largest absolute Gasteiger partial charge is 0.455 e. The van der Waals surface area contributed by atoms with E-state index < -0.39 is 0 Å². The molecule has 0 N–H and O–H groups in total. The summed E-state index contributed by atoms with van der Waals surface area (Å²) in [5, 5.41) is 19.7. The smallest absolute Gasteiger partial charge is 0.212 e. The monoisotopic (exact) mass is 865 g/mol. The summed E-state index contributed by atoms with van der Waals surface area (Å²) in [5.74, 6) is 0. The second-order valence-electron chi connectivity index (χ2n) is 17.5. The third-order valence-electron chi connectivity index (χ3n) is 13.9. The van der Waals surface area contributed by atoms with Gasteiger partial charge in [0.25, 0.3) is 0 Å². The predicted molar refractivity (Wildman–Crippen MR) is 279 cm³/mol. The molecule has 0 aliphatic rings. The van der Waals surface area contributed by atoms with E-state index in [1.54, 1.807) is 0 Å². The number of para-hydroxylation sites is 3. The number of nitriles is 1. The normalized spacial score (nSPS) is 11.8. The summed E-state index contributed by atoms with van der Waals surface area (Å²) < 4.78 is 13.4. The zero-order valence-corrected chi connectivity index (χ0v) is 36.4. The molecule has 0 radical (unpaired) electrons. The summed E-state index contributed by atoms with van der Waals surface area (Å²) >= 11 is 0. The molecule has 4 aromatic heterocycles. The number of hydrogen-bond acceptors (Lipinski definition) is 2. The lowest BCUT2D eigenvalue weighted by molar-refractivity contribution is 0.673. The summed E-state index contributed by atoms with van der Waals surface area (Å²) in [7, 11) is 0. The Morgan fingerprint density at radius 3 is 1.56 bits per heavy atom. The Bertz CT molecular complexity index is 4360. The molecule has 14 aromatic rings. The fourth-order valence-electron chi connectivity index (χ4n) is 10.9. The molecule has 6 nitrogen and oxygen atoms in total. The third-order valence-corrected chi connectivity index (χ3v) is 13.9. The van der Waals surface area contributed by atoms with Crippen LogP contribution in [0.25, 0.3) is 132 Å². The summed E-state index contributed by atoms with van der Waals surface area (Å²) in [5.41, 5.74) is 15.1. The van der Waals surface area contributed by atoms with Crippen LogP contribution in [0.2, 0.25) is 0 Å². The maximum Gasteiger partial charge on any atom is 0.212 e. The van der Waals surface area contributed by atoms with Gasteiger partial charge in [0.1, 0.15) is 17.2 Å². The Morgan fingerprint density at radius 2 is 0.926 bits per heavy atom. The van der Waals surface area contributed by atoms with Crippen LogP contribution >= 0.6 is 0 Å². The van der Waals surface area contributed by atoms with E-state index in [1.165, 1.54) is 10.8 Å². The van der Waals surface area contributed by atoms with Crippen molar-refractivity contribution in [3.05, 3.63) is 229 Å². The highest BCUT2D eigenvalue weighted by Gasteiger charge is 2.25. The molecule has 0 fully saturated rings. The van der Waals surface area contributed by atoms with E-state index in [-0.39, 0.29) is 0 Å². The summed E-state index contributed by atoms with van der Waals surface area (Å²) in [6.07, 6.45) is 0. The van der Waals surface area contributed by atoms with Crippen molar-refractivity contribution in [3.63, 3.8) is 0 Å². The van der Waals surface area contributed by atoms with E-state index in [2.05, 4.69) is 194 Å². The van der Waals surface area contributed by atoms with Crippen LogP contribution < -0.4 is 0 Å². The summed E-state index contributed by atoms with van der Waals surface area (Å²) in [6.45, 7) is 8.78. The first-order chi connectivity index (χ1) is 33.6. The van der Waals surface area contributed by atoms with Crippen LogP contribution in [-0.4, -0.2) is 13.7 Å². The van der Waals surface area contributed by atoms with Gasteiger partial charge in [0, 0.05) is 43.4 Å². The molecule has 0 aliphatic carbocycles. The van der Waals surface area contributed by atoms with Crippen LogP contribution in [0, 0.1) is 17.9 Å². The zero-order chi connectivity index (χ0) is 45.0. The fraction of sp³-hybridized carbons (Fsp3) is 0. The predicted octanol–water partition coefficient (Wildman–Crippen LogP) is 16.6. The molecule has 4 heterocycles. The first kappa shape index (κ1) is 37.7. The van der Waals surface area contributed by atoms with Crippen molar-refractivity contribution >= 4 is 93.0 Å². The first-order valence-electron chi connectivity index (χ1n) is 22.7. The number of fused-ring (bicyclic) bond motifs is 13. The van der Waals surface area contributed by atoms with Gasteiger partial charge in [-0.15, -0.1) is 0 Å². The molecule has 14 rings (SSSR count). The van der Waals surface area contributed by atoms with Crippen LogP contribution in [0.15, 0.2) is 217 Å². The second kappa shape index (κ2) is 14.4. The molecule has 0 aliphatic heterocycles. The minimum atomic E-state index is 0.429. The minimum Gasteiger partial charge on any atom is -0.455 e. The van der Waals surface area contributed by atoms with E-state index in [1.807, 2.05) is 42.5 Å². The first-order valence-corrected chi connectivity index (χ1v) is 22.7. The van der Waals surface area contributed by atoms with Gasteiger partial charge in [-0.25, -0.2) is 4.85 Å². The molecule has 68 heavy (non-hydrogen) atoms. The molecule has 0 amide bonds. The lowest BCUT2D eigenvalue weighted by Gasteiger charge is -2.16. The number of aromatic nitrogens is 3. The van der Waals surface area contributed by atoms with Crippen LogP contribution in [0.1, 0.15) is 5.56 Å². The molecule has 0 spiro atoms. The van der Waals surface area contributed by atoms with E-state index in [0.29, 0.717) is 22.6 Å². The molecule has 0 unspecified atom stereocenters. The van der Waals surface area contributed by atoms with Crippen molar-refractivity contribution in [2.75, 3.05) is 0 Å². The van der Waals surface area contributed by atoms with Crippen LogP contribution in [0.4, 0.5) is 5.69 Å². The molecule has 314 valence electrons. The topological polar surface area (TPSA) is 56.1 Å². The van der Waals surface area contributed by atoms with Gasteiger partial charge in [-0.1, -0.05) is 127 Å². The van der Waals surface area contributed by atoms with E-state index in [4.69, 9.17) is 11.0 Å². The number of benzene rings is 10. The van der Waals surface area contributed by atoms with Crippen molar-refractivity contribution in [1.82, 2.24) is 13.7 Å². The zero-order valence-electron chi connectivity index (χ0n) is 36.4. The number of nitrogens with zero attached hydrogens (tertiary/aromatic N) is 5. The van der Waals surface area contributed by atoms with E-state index in [9.17, 15) is 5.26 Å². The summed E-state index contributed by atoms with van der Waals surface area (Å²) in [6, 6.07) is 76.3. The number of hydrogen-bond donors (Lipinski definition) is 0. The molecule has 0 atom stereocenters. The van der Waals surface area contributed by atoms with Crippen LogP contribution in [0.3, 0.4) is 0 Å². The molecular weight excluding hydrogens is 831 g/mol. The van der Waals surface area contributed by atoms with E-state index in [0.717, 1.165) is 105 Å². The summed E-state index contributed by atoms with van der Waals surface area (Å²) in [4.78, 5) is 4.25. The van der Waals surface area contributed by atoms with Gasteiger partial charge < -0.3 is 18.1 Å². The van der Waals surface area contributed by atoms with Crippen LogP contribution in [-0.2, 0) is 0 Å². The van der Waals surface area contributed by atoms with Gasteiger partial charge >= 0.3 is 0 Å². The maximum atomic E-state index is 11.3. The van der Waals surface area contributed by atoms with Crippen molar-refractivity contribution in [3.8, 4) is 45.4 Å². The highest BCUT2D eigenvalue weighted by molar-refractivity contribution is 6.24. The molecule has 6 heteroatoms. The Kier molecular flexibility index (Phi) is 8.01. The highest BCUT2D eigenvalue weighted by atomic mass is 16.3. The lowest BCUT2D eigenvalue weighted by Crippen LogP contribution is -2.02. The standard InChI is InChI=1S/C62H35N5O/c1-64-51-36-58(42(37-63)34-59(51)66-54-28-24-40(38-14-4-2-5-15-38)32-48(54)49-33-41(25-29-55(49)66)39-16-6-3-7-17-39)67-56-30-26-43(65-52-21-11-8-18-44(52)45-19-9-12-22-53(45)65)35-50(56)61-57(67)31-27-47-46-20-10-13-23-60(46)68-62(47)61/h2-36H. The Labute approximate surface area is 389 Å². The Balaban J connectivity index is 1.04. The average Bonchev–Trinajstić information content (AvgIpc) is 4.14. The Morgan fingerprint density at radius 1 is 0.397 bits per heavy atom. The SMILES string of the molecule is [C-]#[N+]c1cc(-n2c3ccc(-n4c5ccccc5c5ccccc54)cc3c3c4oc5ccccc5c4ccc32)c(C#N)cc1-n1c2ccc(-c3ccccc3)cc2c2cc(-c3ccccc3)ccc21. The van der Waals surface area contributed by atoms with Gasteiger partial charge in [0.05, 0.1) is 62.0 Å². The van der Waals surface area contributed by atoms with Gasteiger partial charge in [-0.3, -0.25) is 0 Å². The third kappa shape index (κ3) is 5.37. The highest BCUT2D eigenvalue weighted by Crippen LogP contribution is 2.45. The lowest BCUT2D eigenvalue weighted by atomic mass is 10.0. The maximum absolute atomic E-state index is 11.3. The van der Waals surface area contributed by atoms with Crippen molar-refractivity contribution in [1.29, 1.82) is 5.26 Å². The quantitative estimate of drug-likeness (QED) is 0.162. The molecule has 0 saturated carbocycles. The van der Waals surface area contributed by atoms with Gasteiger partial charge in [-0.05, 0) is 107 Å². The van der Waals surface area contributed by atoms with Gasteiger partial charge in [0.15, 0.2) is 0 Å². The molecule has 10 aromatic carbocycles. The van der Waals surface area contributed by atoms with Crippen LogP contribution in [0.5, 0.6) is 0 Å². The minimum absolute atomic E-state index is 0.429. The molecule has 0 saturated heterocycles. The van der Waals surface area contributed by atoms with Crippen molar-refractivity contribution in [2.45, 2.75) is 0 Å². The van der Waals surface area contributed by atoms with Gasteiger partial charge in [0.2, 0.25) is 5.69 Å². The Hall–Kier alpha value is -9.62. The molecular formula is C62H35N5O. The van der Waals surface area contributed by atoms with Crippen molar-refractivity contribution in [2.24, 2.45) is 0 Å². The van der Waals surface area contributed by atoms with Crippen molar-refractivity contribution < 1.29 is 4.42 Å².